The SMILES string of the molecule is CC(C)(C)NCC(O)C1Oc2ccc(F)cc2-c2ccccc21.Cl. The molecule has 0 saturated heterocycles. The quantitative estimate of drug-likeness (QED) is 0.874. The van der Waals surface area contributed by atoms with Crippen molar-refractivity contribution in [1.82, 2.24) is 5.32 Å². The van der Waals surface area contributed by atoms with Gasteiger partial charge in [0.05, 0.1) is 0 Å². The lowest BCUT2D eigenvalue weighted by atomic mass is 9.90. The van der Waals surface area contributed by atoms with E-state index in [0.29, 0.717) is 12.3 Å². The normalized spacial score (nSPS) is 17.1. The summed E-state index contributed by atoms with van der Waals surface area (Å²) in [6.07, 6.45) is -1.17. The lowest BCUT2D eigenvalue weighted by Gasteiger charge is -2.33. The van der Waals surface area contributed by atoms with E-state index >= 15 is 0 Å². The molecule has 130 valence electrons. The fourth-order valence-electron chi connectivity index (χ4n) is 2.81. The van der Waals surface area contributed by atoms with Crippen molar-refractivity contribution in [2.45, 2.75) is 38.5 Å². The van der Waals surface area contributed by atoms with E-state index in [1.807, 2.05) is 45.0 Å². The Bertz CT molecular complexity index is 715. The molecule has 5 heteroatoms. The molecule has 3 rings (SSSR count). The Morgan fingerprint density at radius 1 is 1.17 bits per heavy atom. The molecule has 0 aliphatic carbocycles. The molecular weight excluding hydrogens is 329 g/mol. The molecule has 3 nitrogen and oxygen atoms in total. The van der Waals surface area contributed by atoms with Gasteiger partial charge in [-0.1, -0.05) is 24.3 Å². The van der Waals surface area contributed by atoms with Gasteiger partial charge < -0.3 is 15.2 Å². The average molecular weight is 352 g/mol. The molecule has 1 aliphatic rings. The molecule has 2 unspecified atom stereocenters. The molecule has 2 aromatic rings. The maximum atomic E-state index is 13.6. The summed E-state index contributed by atoms with van der Waals surface area (Å²) in [5, 5.41) is 13.9. The molecule has 1 aliphatic heterocycles. The van der Waals surface area contributed by atoms with Gasteiger partial charge in [0.2, 0.25) is 0 Å². The summed E-state index contributed by atoms with van der Waals surface area (Å²) < 4.78 is 19.6. The summed E-state index contributed by atoms with van der Waals surface area (Å²) >= 11 is 0. The topological polar surface area (TPSA) is 41.5 Å². The first-order chi connectivity index (χ1) is 10.8. The Labute approximate surface area is 148 Å². The summed E-state index contributed by atoms with van der Waals surface area (Å²) in [5.41, 5.74) is 2.44. The third-order valence-electron chi connectivity index (χ3n) is 3.94. The Morgan fingerprint density at radius 3 is 2.58 bits per heavy atom. The summed E-state index contributed by atoms with van der Waals surface area (Å²) in [4.78, 5) is 0. The predicted octanol–water partition coefficient (Wildman–Crippen LogP) is 4.10. The minimum absolute atomic E-state index is 0. The van der Waals surface area contributed by atoms with Gasteiger partial charge in [-0.25, -0.2) is 4.39 Å². The third-order valence-corrected chi connectivity index (χ3v) is 3.94. The van der Waals surface area contributed by atoms with Crippen molar-refractivity contribution in [3.63, 3.8) is 0 Å². The van der Waals surface area contributed by atoms with E-state index in [-0.39, 0.29) is 23.8 Å². The van der Waals surface area contributed by atoms with Crippen molar-refractivity contribution in [3.05, 3.63) is 53.8 Å². The van der Waals surface area contributed by atoms with Crippen molar-refractivity contribution < 1.29 is 14.2 Å². The second-order valence-electron chi connectivity index (χ2n) is 6.96. The standard InChI is InChI=1S/C19H22FNO2.ClH/c1-19(2,3)21-11-16(22)18-14-7-5-4-6-13(14)15-10-12(20)8-9-17(15)23-18;/h4-10,16,18,21-22H,11H2,1-3H3;1H. The molecule has 0 radical (unpaired) electrons. The van der Waals surface area contributed by atoms with Crippen LogP contribution in [0.2, 0.25) is 0 Å². The number of benzene rings is 2. The number of ether oxygens (including phenoxy) is 1. The number of halogens is 2. The van der Waals surface area contributed by atoms with Crippen LogP contribution in [-0.4, -0.2) is 23.3 Å². The molecule has 24 heavy (non-hydrogen) atoms. The number of nitrogens with one attached hydrogen (secondary N) is 1. The van der Waals surface area contributed by atoms with Gasteiger partial charge in [0.15, 0.2) is 6.10 Å². The molecule has 0 aromatic heterocycles. The van der Waals surface area contributed by atoms with Gasteiger partial charge in [0, 0.05) is 23.2 Å². The van der Waals surface area contributed by atoms with Gasteiger partial charge in [-0.05, 0) is 44.5 Å². The van der Waals surface area contributed by atoms with Crippen LogP contribution in [-0.2, 0) is 0 Å². The smallest absolute Gasteiger partial charge is 0.151 e. The molecule has 0 saturated carbocycles. The molecule has 2 atom stereocenters. The van der Waals surface area contributed by atoms with E-state index in [1.165, 1.54) is 12.1 Å². The Morgan fingerprint density at radius 2 is 1.88 bits per heavy atom. The number of β-amino-alcohol motifs (C(OH)–C–C–N with tert-alkyl or cyclic N) is 1. The highest BCUT2D eigenvalue weighted by Crippen LogP contribution is 2.43. The highest BCUT2D eigenvalue weighted by atomic mass is 35.5. The summed E-state index contributed by atoms with van der Waals surface area (Å²) in [6, 6.07) is 12.2. The van der Waals surface area contributed by atoms with Crippen molar-refractivity contribution in [2.75, 3.05) is 6.54 Å². The number of aliphatic hydroxyl groups is 1. The molecule has 0 fully saturated rings. The molecule has 2 aromatic carbocycles. The number of hydrogen-bond donors (Lipinski definition) is 2. The monoisotopic (exact) mass is 351 g/mol. The lowest BCUT2D eigenvalue weighted by Crippen LogP contribution is -2.43. The Hall–Kier alpha value is -1.62. The van der Waals surface area contributed by atoms with Gasteiger partial charge in [-0.3, -0.25) is 0 Å². The number of fused-ring (bicyclic) bond motifs is 3. The molecule has 0 amide bonds. The first-order valence-corrected chi connectivity index (χ1v) is 7.84. The van der Waals surface area contributed by atoms with Crippen molar-refractivity contribution in [3.8, 4) is 16.9 Å². The molecule has 0 bridgehead atoms. The molecule has 2 N–H and O–H groups in total. The molecule has 1 heterocycles. The second kappa shape index (κ2) is 7.09. The van der Waals surface area contributed by atoms with E-state index in [0.717, 1.165) is 16.7 Å². The highest BCUT2D eigenvalue weighted by molar-refractivity contribution is 5.85. The van der Waals surface area contributed by atoms with Crippen molar-refractivity contribution in [1.29, 1.82) is 0 Å². The summed E-state index contributed by atoms with van der Waals surface area (Å²) in [6.45, 7) is 6.56. The van der Waals surface area contributed by atoms with Crippen LogP contribution in [0.3, 0.4) is 0 Å². The van der Waals surface area contributed by atoms with Crippen LogP contribution in [0.15, 0.2) is 42.5 Å². The van der Waals surface area contributed by atoms with Gasteiger partial charge in [0.25, 0.3) is 0 Å². The van der Waals surface area contributed by atoms with Crippen LogP contribution in [0.4, 0.5) is 4.39 Å². The lowest BCUT2D eigenvalue weighted by molar-refractivity contribution is 0.0305. The van der Waals surface area contributed by atoms with Gasteiger partial charge in [0.1, 0.15) is 17.7 Å². The van der Waals surface area contributed by atoms with Gasteiger partial charge in [-0.15, -0.1) is 12.4 Å². The van der Waals surface area contributed by atoms with Crippen LogP contribution < -0.4 is 10.1 Å². The number of hydrogen-bond acceptors (Lipinski definition) is 3. The zero-order chi connectivity index (χ0) is 16.6. The average Bonchev–Trinajstić information content (AvgIpc) is 2.51. The maximum Gasteiger partial charge on any atom is 0.151 e. The minimum atomic E-state index is -0.700. The first-order valence-electron chi connectivity index (χ1n) is 7.84. The zero-order valence-corrected chi connectivity index (χ0v) is 14.9. The fraction of sp³-hybridized carbons (Fsp3) is 0.368. The van der Waals surface area contributed by atoms with Gasteiger partial charge >= 0.3 is 0 Å². The van der Waals surface area contributed by atoms with Crippen LogP contribution in [0.5, 0.6) is 5.75 Å². The third kappa shape index (κ3) is 3.89. The molecule has 0 spiro atoms. The number of rotatable bonds is 3. The van der Waals surface area contributed by atoms with Crippen molar-refractivity contribution >= 4 is 12.4 Å². The summed E-state index contributed by atoms with van der Waals surface area (Å²) in [7, 11) is 0. The van der Waals surface area contributed by atoms with Crippen LogP contribution in [0, 0.1) is 5.82 Å². The van der Waals surface area contributed by atoms with Crippen LogP contribution in [0.25, 0.3) is 11.1 Å². The van der Waals surface area contributed by atoms with E-state index in [9.17, 15) is 9.50 Å². The Balaban J connectivity index is 0.00000208. The van der Waals surface area contributed by atoms with E-state index < -0.39 is 12.2 Å². The van der Waals surface area contributed by atoms with E-state index in [4.69, 9.17) is 4.74 Å². The summed E-state index contributed by atoms with van der Waals surface area (Å²) in [5.74, 6) is 0.306. The highest BCUT2D eigenvalue weighted by Gasteiger charge is 2.31. The molecular formula is C19H23ClFNO2. The largest absolute Gasteiger partial charge is 0.482 e. The number of aliphatic hydroxyl groups excluding tert-OH is 1. The second-order valence-corrected chi connectivity index (χ2v) is 6.96. The predicted molar refractivity (Wildman–Crippen MR) is 96.2 cm³/mol. The fourth-order valence-corrected chi connectivity index (χ4v) is 2.81. The van der Waals surface area contributed by atoms with E-state index in [1.54, 1.807) is 6.07 Å². The minimum Gasteiger partial charge on any atom is -0.482 e. The first kappa shape index (κ1) is 18.7. The van der Waals surface area contributed by atoms with Gasteiger partial charge in [-0.2, -0.15) is 0 Å². The van der Waals surface area contributed by atoms with Crippen LogP contribution >= 0.6 is 12.4 Å². The maximum absolute atomic E-state index is 13.6. The van der Waals surface area contributed by atoms with E-state index in [2.05, 4.69) is 5.32 Å². The Kier molecular flexibility index (Phi) is 5.53. The van der Waals surface area contributed by atoms with Crippen molar-refractivity contribution in [2.24, 2.45) is 0 Å². The zero-order valence-electron chi connectivity index (χ0n) is 14.0. The van der Waals surface area contributed by atoms with Crippen LogP contribution in [0.1, 0.15) is 32.4 Å².